The number of allylic oxidation sites excluding steroid dienone is 1. The summed E-state index contributed by atoms with van der Waals surface area (Å²) >= 11 is 0. The molecule has 0 bridgehead atoms. The zero-order valence-corrected chi connectivity index (χ0v) is 34.5. The number of nitrogens with zero attached hydrogens (tertiary/aromatic N) is 3. The van der Waals surface area contributed by atoms with Crippen molar-refractivity contribution in [3.63, 3.8) is 0 Å². The van der Waals surface area contributed by atoms with Crippen molar-refractivity contribution in [1.82, 2.24) is 19.9 Å². The second kappa shape index (κ2) is 15.4. The molecule has 0 spiro atoms. The summed E-state index contributed by atoms with van der Waals surface area (Å²) in [7, 11) is -4.08. The first-order valence-corrected chi connectivity index (χ1v) is 21.6. The van der Waals surface area contributed by atoms with Gasteiger partial charge in [0.15, 0.2) is 0 Å². The van der Waals surface area contributed by atoms with E-state index in [0.29, 0.717) is 75.8 Å². The summed E-state index contributed by atoms with van der Waals surface area (Å²) in [6.45, 7) is 6.72. The highest BCUT2D eigenvalue weighted by Crippen LogP contribution is 2.48. The molecule has 4 amide bonds. The van der Waals surface area contributed by atoms with Crippen molar-refractivity contribution >= 4 is 50.3 Å². The Bertz CT molecular complexity index is 2220. The molecule has 3 aliphatic heterocycles. The third-order valence-corrected chi connectivity index (χ3v) is 14.4. The Hall–Kier alpha value is -4.74. The van der Waals surface area contributed by atoms with Crippen LogP contribution in [0.4, 0.5) is 18.0 Å². The SMILES string of the molecule is C[C@@H]1CC/C=C\[C@@H]2C[C@@]2(C(=O)NS(=O)(=O)C2(C)CC2)NC(=O)[C@@H]2C[C@@H](Oc3nc4c(c5ccccc35)OCCC4)CN2C(=O)C(=NC(=O)OC(C)(C)C(F)(F)F)[C@H](C)C1. The monoisotopic (exact) mass is 845 g/mol. The van der Waals surface area contributed by atoms with Crippen LogP contribution in [0.15, 0.2) is 41.4 Å². The molecule has 59 heavy (non-hydrogen) atoms. The van der Waals surface area contributed by atoms with E-state index in [2.05, 4.69) is 15.0 Å². The summed E-state index contributed by atoms with van der Waals surface area (Å²) in [6.07, 6.45) is -0.297. The third-order valence-electron chi connectivity index (χ3n) is 12.3. The van der Waals surface area contributed by atoms with Crippen LogP contribution in [-0.2, 0) is 35.6 Å². The van der Waals surface area contributed by atoms with Gasteiger partial charge in [-0.25, -0.2) is 18.2 Å². The zero-order chi connectivity index (χ0) is 42.7. The molecular formula is C41H50F3N5O9S. The van der Waals surface area contributed by atoms with Crippen LogP contribution in [-0.4, -0.2) is 95.2 Å². The molecule has 5 aliphatic rings. The maximum Gasteiger partial charge on any atom is 0.434 e. The fraction of sp³-hybridized carbons (Fsp3) is 0.610. The largest absolute Gasteiger partial charge is 0.491 e. The quantitative estimate of drug-likeness (QED) is 0.342. The van der Waals surface area contributed by atoms with Gasteiger partial charge in [-0.15, -0.1) is 0 Å². The highest BCUT2D eigenvalue weighted by Gasteiger charge is 2.63. The molecule has 18 heteroatoms. The molecule has 2 saturated carbocycles. The minimum Gasteiger partial charge on any atom is -0.491 e. The Morgan fingerprint density at radius 1 is 1.10 bits per heavy atom. The molecule has 7 rings (SSSR count). The van der Waals surface area contributed by atoms with E-state index in [9.17, 15) is 40.8 Å². The van der Waals surface area contributed by atoms with E-state index in [1.807, 2.05) is 31.2 Å². The number of carbonyl (C=O) groups excluding carboxylic acids is 4. The van der Waals surface area contributed by atoms with Crippen LogP contribution in [0.1, 0.15) is 91.7 Å². The average Bonchev–Trinajstić information content (AvgIpc) is 4.04. The van der Waals surface area contributed by atoms with Crippen LogP contribution in [0.3, 0.4) is 0 Å². The number of nitrogens with one attached hydrogen (secondary N) is 2. The maximum absolute atomic E-state index is 14.8. The number of benzene rings is 1. The number of sulfonamides is 1. The van der Waals surface area contributed by atoms with E-state index in [1.54, 1.807) is 19.1 Å². The van der Waals surface area contributed by atoms with Gasteiger partial charge in [0.1, 0.15) is 29.1 Å². The number of aliphatic imine (C=N–C) groups is 1. The van der Waals surface area contributed by atoms with Crippen molar-refractivity contribution < 1.29 is 55.0 Å². The van der Waals surface area contributed by atoms with Crippen molar-refractivity contribution in [2.75, 3.05) is 13.2 Å². The van der Waals surface area contributed by atoms with E-state index in [1.165, 1.54) is 6.92 Å². The predicted molar refractivity (Wildman–Crippen MR) is 209 cm³/mol. The van der Waals surface area contributed by atoms with Crippen LogP contribution in [0, 0.1) is 17.8 Å². The molecule has 1 aromatic carbocycles. The molecule has 4 heterocycles. The summed E-state index contributed by atoms with van der Waals surface area (Å²) in [4.78, 5) is 66.2. The minimum absolute atomic E-state index is 0.0744. The second-order valence-corrected chi connectivity index (χ2v) is 19.6. The number of halogens is 3. The topological polar surface area (TPSA) is 183 Å². The highest BCUT2D eigenvalue weighted by atomic mass is 32.2. The lowest BCUT2D eigenvalue weighted by Crippen LogP contribution is -2.57. The van der Waals surface area contributed by atoms with Gasteiger partial charge in [0.25, 0.3) is 11.8 Å². The number of fused-ring (bicyclic) bond motifs is 5. The molecule has 14 nitrogen and oxygen atoms in total. The van der Waals surface area contributed by atoms with Crippen LogP contribution >= 0.6 is 0 Å². The first kappa shape index (κ1) is 42.4. The Morgan fingerprint density at radius 2 is 1.81 bits per heavy atom. The van der Waals surface area contributed by atoms with Gasteiger partial charge in [-0.2, -0.15) is 18.2 Å². The van der Waals surface area contributed by atoms with Gasteiger partial charge in [-0.1, -0.05) is 44.2 Å². The molecule has 1 aromatic heterocycles. The predicted octanol–water partition coefficient (Wildman–Crippen LogP) is 5.71. The van der Waals surface area contributed by atoms with Gasteiger partial charge >= 0.3 is 12.3 Å². The number of aromatic nitrogens is 1. The van der Waals surface area contributed by atoms with Gasteiger partial charge in [0.2, 0.25) is 27.4 Å². The second-order valence-electron chi connectivity index (χ2n) is 17.4. The number of hydrogen-bond acceptors (Lipinski definition) is 10. The fourth-order valence-corrected chi connectivity index (χ4v) is 9.37. The molecule has 0 radical (unpaired) electrons. The molecule has 0 unspecified atom stereocenters. The molecule has 2 aliphatic carbocycles. The lowest BCUT2D eigenvalue weighted by atomic mass is 9.89. The average molecular weight is 846 g/mol. The number of aryl methyl sites for hydroxylation is 1. The Morgan fingerprint density at radius 3 is 2.51 bits per heavy atom. The summed E-state index contributed by atoms with van der Waals surface area (Å²) < 4.78 is 86.0. The van der Waals surface area contributed by atoms with Crippen molar-refractivity contribution in [1.29, 1.82) is 0 Å². The van der Waals surface area contributed by atoms with Gasteiger partial charge in [0.05, 0.1) is 23.6 Å². The molecule has 3 fully saturated rings. The number of ether oxygens (including phenoxy) is 3. The maximum atomic E-state index is 14.8. The third kappa shape index (κ3) is 8.38. The molecule has 320 valence electrons. The smallest absolute Gasteiger partial charge is 0.434 e. The molecule has 2 N–H and O–H groups in total. The standard InChI is InChI=1S/C41H50F3N5O9S/c1-23-11-6-7-12-25-21-40(25,36(52)48-59(54,55)39(5)16-17-39)47-33(50)30-20-26(57-34-28-14-9-8-13-27(28)32-29(45-34)15-10-18-56-32)22-49(30)35(51)31(24(2)19-23)46-37(53)58-38(3,4)41(42,43)44/h7-9,12-14,23-26,30H,6,10-11,15-22H2,1-5H3,(H,47,50)(H,48,52)/b12-7-,46-31?/t23-,24-,25-,26-,30+,40-/m1/s1. The summed E-state index contributed by atoms with van der Waals surface area (Å²) in [6, 6.07) is 5.99. The zero-order valence-electron chi connectivity index (χ0n) is 33.7. The van der Waals surface area contributed by atoms with E-state index < -0.39 is 85.6 Å². The van der Waals surface area contributed by atoms with Gasteiger partial charge in [-0.05, 0) is 84.1 Å². The summed E-state index contributed by atoms with van der Waals surface area (Å²) in [5.74, 6) is -3.11. The summed E-state index contributed by atoms with van der Waals surface area (Å²) in [5.41, 5.74) is -4.30. The lowest BCUT2D eigenvalue weighted by molar-refractivity contribution is -0.243. The lowest BCUT2D eigenvalue weighted by Gasteiger charge is -2.29. The normalized spacial score (nSPS) is 29.7. The number of alkyl halides is 3. The van der Waals surface area contributed by atoms with Crippen molar-refractivity contribution in [2.45, 2.75) is 127 Å². The number of amides is 4. The van der Waals surface area contributed by atoms with Crippen molar-refractivity contribution in [2.24, 2.45) is 22.7 Å². The number of hydrogen-bond donors (Lipinski definition) is 2. The molecule has 6 atom stereocenters. The van der Waals surface area contributed by atoms with Crippen LogP contribution in [0.2, 0.25) is 0 Å². The van der Waals surface area contributed by atoms with Crippen LogP contribution in [0.25, 0.3) is 10.8 Å². The van der Waals surface area contributed by atoms with Crippen LogP contribution < -0.4 is 19.5 Å². The van der Waals surface area contributed by atoms with E-state index in [4.69, 9.17) is 19.2 Å². The highest BCUT2D eigenvalue weighted by molar-refractivity contribution is 7.91. The van der Waals surface area contributed by atoms with Crippen molar-refractivity contribution in [3.8, 4) is 11.6 Å². The Balaban J connectivity index is 1.26. The van der Waals surface area contributed by atoms with Gasteiger partial charge in [0, 0.05) is 29.0 Å². The summed E-state index contributed by atoms with van der Waals surface area (Å²) in [5, 5.41) is 4.19. The Labute approximate surface area is 340 Å². The van der Waals surface area contributed by atoms with Crippen LogP contribution in [0.5, 0.6) is 11.6 Å². The minimum atomic E-state index is -4.94. The van der Waals surface area contributed by atoms with E-state index >= 15 is 0 Å². The van der Waals surface area contributed by atoms with E-state index in [0.717, 1.165) is 16.7 Å². The van der Waals surface area contributed by atoms with Gasteiger partial charge < -0.3 is 24.4 Å². The van der Waals surface area contributed by atoms with E-state index in [-0.39, 0.29) is 31.2 Å². The Kier molecular flexibility index (Phi) is 11.0. The first-order valence-electron chi connectivity index (χ1n) is 20.1. The van der Waals surface area contributed by atoms with Crippen molar-refractivity contribution in [3.05, 3.63) is 42.1 Å². The molecule has 2 aromatic rings. The number of rotatable bonds is 6. The fourth-order valence-electron chi connectivity index (χ4n) is 8.06. The number of pyridine rings is 1. The molecule has 1 saturated heterocycles. The first-order chi connectivity index (χ1) is 27.6. The van der Waals surface area contributed by atoms with Gasteiger partial charge in [-0.3, -0.25) is 19.1 Å². The molecular weight excluding hydrogens is 796 g/mol. The number of carbonyl (C=O) groups is 4.